The summed E-state index contributed by atoms with van der Waals surface area (Å²) in [5, 5.41) is 3.14. The number of anilines is 1. The molecule has 30 heavy (non-hydrogen) atoms. The van der Waals surface area contributed by atoms with Gasteiger partial charge in [0, 0.05) is 12.1 Å². The molecule has 0 saturated heterocycles. The number of hydrogen-bond acceptors (Lipinski definition) is 6. The molecule has 0 unspecified atom stereocenters. The summed E-state index contributed by atoms with van der Waals surface area (Å²) in [5.74, 6) is 0.489. The molecule has 0 aliphatic rings. The summed E-state index contributed by atoms with van der Waals surface area (Å²) < 4.78 is 18.8. The van der Waals surface area contributed by atoms with Crippen molar-refractivity contribution in [3.63, 3.8) is 0 Å². The van der Waals surface area contributed by atoms with Gasteiger partial charge < -0.3 is 10.1 Å². The third-order valence-electron chi connectivity index (χ3n) is 4.68. The van der Waals surface area contributed by atoms with Gasteiger partial charge in [0.2, 0.25) is 11.8 Å². The zero-order valence-corrected chi connectivity index (χ0v) is 16.9. The Morgan fingerprint density at radius 2 is 1.63 bits per heavy atom. The van der Waals surface area contributed by atoms with Gasteiger partial charge in [-0.3, -0.25) is 0 Å². The minimum Gasteiger partial charge on any atom is -0.476 e. The van der Waals surface area contributed by atoms with E-state index in [4.69, 9.17) is 9.72 Å². The van der Waals surface area contributed by atoms with Gasteiger partial charge in [0.05, 0.1) is 18.5 Å². The van der Waals surface area contributed by atoms with Crippen LogP contribution in [0.4, 0.5) is 10.3 Å². The second kappa shape index (κ2) is 8.82. The van der Waals surface area contributed by atoms with Crippen molar-refractivity contribution >= 4 is 17.1 Å². The van der Waals surface area contributed by atoms with Gasteiger partial charge in [-0.15, -0.1) is 0 Å². The lowest BCUT2D eigenvalue weighted by Crippen LogP contribution is -2.07. The Hall–Kier alpha value is -3.61. The van der Waals surface area contributed by atoms with E-state index in [9.17, 15) is 4.39 Å². The molecule has 2 aromatic carbocycles. The molecule has 0 spiro atoms. The van der Waals surface area contributed by atoms with Crippen LogP contribution in [0, 0.1) is 5.82 Å². The second-order valence-electron chi connectivity index (χ2n) is 6.74. The number of nitrogens with one attached hydrogen (secondary N) is 1. The van der Waals surface area contributed by atoms with E-state index in [1.54, 1.807) is 18.3 Å². The summed E-state index contributed by atoms with van der Waals surface area (Å²) in [4.78, 5) is 18.1. The maximum absolute atomic E-state index is 13.1. The average molecular weight is 403 g/mol. The number of benzene rings is 2. The first-order chi connectivity index (χ1) is 14.7. The van der Waals surface area contributed by atoms with E-state index in [2.05, 4.69) is 39.3 Å². The SMILES string of the molecule is CCOc1nc(NCc2ccc(F)cc2)nc2ncc(-c3ccc(CC)cc3)nc12. The highest BCUT2D eigenvalue weighted by atomic mass is 19.1. The Balaban J connectivity index is 1.64. The molecule has 0 bridgehead atoms. The lowest BCUT2D eigenvalue weighted by atomic mass is 10.1. The number of aryl methyl sites for hydroxylation is 1. The first-order valence-electron chi connectivity index (χ1n) is 9.91. The number of fused-ring (bicyclic) bond motifs is 1. The molecule has 0 radical (unpaired) electrons. The van der Waals surface area contributed by atoms with Crippen LogP contribution in [0.2, 0.25) is 0 Å². The monoisotopic (exact) mass is 403 g/mol. The number of ether oxygens (including phenoxy) is 1. The number of hydrogen-bond donors (Lipinski definition) is 1. The smallest absolute Gasteiger partial charge is 0.247 e. The molecule has 0 aliphatic carbocycles. The van der Waals surface area contributed by atoms with Crippen molar-refractivity contribution in [3.05, 3.63) is 71.7 Å². The molecule has 4 aromatic rings. The van der Waals surface area contributed by atoms with Crippen LogP contribution in [-0.4, -0.2) is 26.5 Å². The molecule has 0 atom stereocenters. The lowest BCUT2D eigenvalue weighted by Gasteiger charge is -2.10. The van der Waals surface area contributed by atoms with Crippen molar-refractivity contribution in [2.24, 2.45) is 0 Å². The molecule has 152 valence electrons. The van der Waals surface area contributed by atoms with Crippen LogP contribution in [0.1, 0.15) is 25.0 Å². The lowest BCUT2D eigenvalue weighted by molar-refractivity contribution is 0.330. The van der Waals surface area contributed by atoms with Crippen LogP contribution in [0.3, 0.4) is 0 Å². The van der Waals surface area contributed by atoms with Crippen molar-refractivity contribution in [1.82, 2.24) is 19.9 Å². The second-order valence-corrected chi connectivity index (χ2v) is 6.74. The highest BCUT2D eigenvalue weighted by Gasteiger charge is 2.13. The summed E-state index contributed by atoms with van der Waals surface area (Å²) in [5.41, 5.74) is 4.85. The van der Waals surface area contributed by atoms with Crippen LogP contribution in [0.5, 0.6) is 5.88 Å². The van der Waals surface area contributed by atoms with Gasteiger partial charge in [-0.1, -0.05) is 43.3 Å². The van der Waals surface area contributed by atoms with Crippen LogP contribution in [-0.2, 0) is 13.0 Å². The number of halogens is 1. The molecule has 2 aromatic heterocycles. The van der Waals surface area contributed by atoms with Gasteiger partial charge in [0.1, 0.15) is 5.82 Å². The normalized spacial score (nSPS) is 10.9. The van der Waals surface area contributed by atoms with Gasteiger partial charge in [-0.25, -0.2) is 14.4 Å². The highest BCUT2D eigenvalue weighted by molar-refractivity contribution is 5.79. The first kappa shape index (κ1) is 19.7. The fourth-order valence-electron chi connectivity index (χ4n) is 3.03. The molecule has 0 amide bonds. The Labute approximate surface area is 174 Å². The Morgan fingerprint density at radius 1 is 0.900 bits per heavy atom. The molecule has 0 aliphatic heterocycles. The maximum atomic E-state index is 13.1. The zero-order chi connectivity index (χ0) is 20.9. The predicted molar refractivity (Wildman–Crippen MR) is 115 cm³/mol. The van der Waals surface area contributed by atoms with E-state index in [0.29, 0.717) is 36.1 Å². The van der Waals surface area contributed by atoms with Crippen molar-refractivity contribution in [2.75, 3.05) is 11.9 Å². The fraction of sp³-hybridized carbons (Fsp3) is 0.217. The molecular formula is C23H22FN5O. The average Bonchev–Trinajstić information content (AvgIpc) is 2.79. The minimum atomic E-state index is -0.269. The molecule has 2 heterocycles. The predicted octanol–water partition coefficient (Wildman–Crippen LogP) is 4.80. The van der Waals surface area contributed by atoms with Crippen LogP contribution in [0.25, 0.3) is 22.4 Å². The molecule has 0 saturated carbocycles. The van der Waals surface area contributed by atoms with E-state index >= 15 is 0 Å². The van der Waals surface area contributed by atoms with Gasteiger partial charge >= 0.3 is 0 Å². The molecule has 4 rings (SSSR count). The molecular weight excluding hydrogens is 381 g/mol. The van der Waals surface area contributed by atoms with Crippen LogP contribution in [0.15, 0.2) is 54.7 Å². The third-order valence-corrected chi connectivity index (χ3v) is 4.68. The minimum absolute atomic E-state index is 0.269. The molecule has 6 nitrogen and oxygen atoms in total. The molecule has 1 N–H and O–H groups in total. The van der Waals surface area contributed by atoms with E-state index in [-0.39, 0.29) is 5.82 Å². The van der Waals surface area contributed by atoms with Gasteiger partial charge in [0.25, 0.3) is 0 Å². The summed E-state index contributed by atoms with van der Waals surface area (Å²) in [6.07, 6.45) is 2.69. The van der Waals surface area contributed by atoms with Crippen molar-refractivity contribution in [2.45, 2.75) is 26.8 Å². The quantitative estimate of drug-likeness (QED) is 0.478. The fourth-order valence-corrected chi connectivity index (χ4v) is 3.03. The zero-order valence-electron chi connectivity index (χ0n) is 16.9. The standard InChI is InChI=1S/C23H22FN5O/c1-3-15-5-9-17(10-6-15)19-14-25-21-20(27-19)22(30-4-2)29-23(28-21)26-13-16-7-11-18(24)12-8-16/h5-12,14H,3-4,13H2,1-2H3,(H,25,26,28,29). The van der Waals surface area contributed by atoms with Crippen molar-refractivity contribution in [1.29, 1.82) is 0 Å². The topological polar surface area (TPSA) is 72.8 Å². The van der Waals surface area contributed by atoms with Crippen LogP contribution < -0.4 is 10.1 Å². The maximum Gasteiger partial charge on any atom is 0.247 e. The van der Waals surface area contributed by atoms with Gasteiger partial charge in [-0.2, -0.15) is 9.97 Å². The van der Waals surface area contributed by atoms with Crippen molar-refractivity contribution < 1.29 is 9.13 Å². The highest BCUT2D eigenvalue weighted by Crippen LogP contribution is 2.25. The van der Waals surface area contributed by atoms with E-state index in [0.717, 1.165) is 23.2 Å². The van der Waals surface area contributed by atoms with Crippen molar-refractivity contribution in [3.8, 4) is 17.1 Å². The summed E-state index contributed by atoms with van der Waals surface area (Å²) >= 11 is 0. The van der Waals surface area contributed by atoms with Crippen LogP contribution >= 0.6 is 0 Å². The largest absolute Gasteiger partial charge is 0.476 e. The number of nitrogens with zero attached hydrogens (tertiary/aromatic N) is 4. The first-order valence-corrected chi connectivity index (χ1v) is 9.91. The third kappa shape index (κ3) is 4.35. The van der Waals surface area contributed by atoms with Gasteiger partial charge in [-0.05, 0) is 36.6 Å². The summed E-state index contributed by atoms with van der Waals surface area (Å²) in [6, 6.07) is 14.5. The Bertz CT molecular complexity index is 1150. The molecule has 7 heteroatoms. The Kier molecular flexibility index (Phi) is 5.79. The van der Waals surface area contributed by atoms with E-state index < -0.39 is 0 Å². The number of rotatable bonds is 7. The van der Waals surface area contributed by atoms with E-state index in [1.807, 2.05) is 19.1 Å². The van der Waals surface area contributed by atoms with E-state index in [1.165, 1.54) is 17.7 Å². The Morgan fingerprint density at radius 3 is 2.33 bits per heavy atom. The van der Waals surface area contributed by atoms with Gasteiger partial charge in [0.15, 0.2) is 11.2 Å². The summed E-state index contributed by atoms with van der Waals surface area (Å²) in [7, 11) is 0. The molecule has 0 fully saturated rings. The number of aromatic nitrogens is 4. The summed E-state index contributed by atoms with van der Waals surface area (Å²) in [6.45, 7) is 4.91.